The van der Waals surface area contributed by atoms with Gasteiger partial charge in [-0.15, -0.1) is 5.10 Å². The van der Waals surface area contributed by atoms with Gasteiger partial charge in [0, 0.05) is 31.6 Å². The van der Waals surface area contributed by atoms with Gasteiger partial charge in [0.05, 0.1) is 42.4 Å². The first kappa shape index (κ1) is 27.9. The highest BCUT2D eigenvalue weighted by molar-refractivity contribution is 5.91. The van der Waals surface area contributed by atoms with Crippen LogP contribution >= 0.6 is 0 Å². The van der Waals surface area contributed by atoms with E-state index in [2.05, 4.69) is 31.0 Å². The van der Waals surface area contributed by atoms with Crippen LogP contribution in [-0.4, -0.2) is 47.7 Å². The molecule has 3 aromatic rings. The maximum Gasteiger partial charge on any atom is 0.416 e. The predicted molar refractivity (Wildman–Crippen MR) is 129 cm³/mol. The van der Waals surface area contributed by atoms with Crippen LogP contribution in [-0.2, 0) is 30.6 Å². The van der Waals surface area contributed by atoms with Crippen LogP contribution in [0.1, 0.15) is 53.8 Å². The quantitative estimate of drug-likeness (QED) is 0.350. The molecule has 0 bridgehead atoms. The molecule has 2 amide bonds. The summed E-state index contributed by atoms with van der Waals surface area (Å²) in [7, 11) is 0. The molecule has 0 aliphatic heterocycles. The van der Waals surface area contributed by atoms with Gasteiger partial charge in [0.25, 0.3) is 11.5 Å². The van der Waals surface area contributed by atoms with Gasteiger partial charge in [-0.3, -0.25) is 19.4 Å². The van der Waals surface area contributed by atoms with E-state index >= 15 is 0 Å². The lowest BCUT2D eigenvalue weighted by molar-refractivity contribution is -0.137. The van der Waals surface area contributed by atoms with Gasteiger partial charge in [-0.1, -0.05) is 11.6 Å². The van der Waals surface area contributed by atoms with Gasteiger partial charge >= 0.3 is 6.18 Å². The fourth-order valence-corrected chi connectivity index (χ4v) is 3.90. The number of aryl methyl sites for hydroxylation is 1. The topological polar surface area (TPSA) is 137 Å². The molecule has 1 saturated carbocycles. The Kier molecular flexibility index (Phi) is 8.66. The molecule has 0 spiro atoms. The average molecular weight is 551 g/mol. The SMILES string of the molecule is O=C(CC1CCC1)Nc1cnn(CCC(F)Cn2cc(C(=O)NCc3cc(C(F)(F)F)ccn3)nn2)c(=O)c1. The third-order valence-corrected chi connectivity index (χ3v) is 6.24. The minimum atomic E-state index is -4.53. The average Bonchev–Trinajstić information content (AvgIpc) is 3.32. The molecule has 1 atom stereocenters. The number of carbonyl (C=O) groups is 2. The van der Waals surface area contributed by atoms with Crippen molar-refractivity contribution in [2.75, 3.05) is 5.32 Å². The van der Waals surface area contributed by atoms with Crippen LogP contribution in [0.15, 0.2) is 41.6 Å². The van der Waals surface area contributed by atoms with Crippen LogP contribution < -0.4 is 16.2 Å². The maximum atomic E-state index is 14.5. The van der Waals surface area contributed by atoms with Crippen molar-refractivity contribution in [1.29, 1.82) is 0 Å². The summed E-state index contributed by atoms with van der Waals surface area (Å²) in [4.78, 5) is 40.4. The van der Waals surface area contributed by atoms with Gasteiger partial charge in [-0.25, -0.2) is 13.8 Å². The van der Waals surface area contributed by atoms with Gasteiger partial charge in [0.1, 0.15) is 6.17 Å². The molecular formula is C24H26F4N8O3. The molecule has 15 heteroatoms. The van der Waals surface area contributed by atoms with Crippen LogP contribution in [0.4, 0.5) is 23.2 Å². The molecule has 39 heavy (non-hydrogen) atoms. The molecule has 3 heterocycles. The first-order valence-electron chi connectivity index (χ1n) is 12.3. The second-order valence-corrected chi connectivity index (χ2v) is 9.28. The molecular weight excluding hydrogens is 524 g/mol. The van der Waals surface area contributed by atoms with Crippen molar-refractivity contribution in [2.45, 2.75) is 64.1 Å². The molecule has 2 N–H and O–H groups in total. The Morgan fingerprint density at radius 1 is 1.21 bits per heavy atom. The molecule has 3 aromatic heterocycles. The number of alkyl halides is 4. The Labute approximate surface area is 219 Å². The zero-order valence-electron chi connectivity index (χ0n) is 20.7. The van der Waals surface area contributed by atoms with Crippen LogP contribution in [0.25, 0.3) is 0 Å². The zero-order valence-corrected chi connectivity index (χ0v) is 20.7. The largest absolute Gasteiger partial charge is 0.416 e. The number of rotatable bonds is 11. The van der Waals surface area contributed by atoms with Gasteiger partial charge < -0.3 is 10.6 Å². The number of halogens is 4. The van der Waals surface area contributed by atoms with Gasteiger partial charge in [-0.2, -0.15) is 18.3 Å². The molecule has 1 fully saturated rings. The van der Waals surface area contributed by atoms with E-state index < -0.39 is 29.4 Å². The van der Waals surface area contributed by atoms with Crippen LogP contribution in [0.2, 0.25) is 0 Å². The smallest absolute Gasteiger partial charge is 0.345 e. The van der Waals surface area contributed by atoms with Gasteiger partial charge in [-0.05, 0) is 30.9 Å². The highest BCUT2D eigenvalue weighted by atomic mass is 19.4. The summed E-state index contributed by atoms with van der Waals surface area (Å²) < 4.78 is 55.2. The highest BCUT2D eigenvalue weighted by Crippen LogP contribution is 2.30. The van der Waals surface area contributed by atoms with E-state index in [1.807, 2.05) is 0 Å². The molecule has 4 rings (SSSR count). The Balaban J connectivity index is 1.23. The van der Waals surface area contributed by atoms with Crippen LogP contribution in [0, 0.1) is 5.92 Å². The molecule has 0 radical (unpaired) electrons. The number of carbonyl (C=O) groups excluding carboxylic acids is 2. The summed E-state index contributed by atoms with van der Waals surface area (Å²) in [5.41, 5.74) is -1.24. The minimum Gasteiger partial charge on any atom is -0.345 e. The minimum absolute atomic E-state index is 0.00215. The number of nitrogens with zero attached hydrogens (tertiary/aromatic N) is 6. The molecule has 1 unspecified atom stereocenters. The van der Waals surface area contributed by atoms with E-state index in [9.17, 15) is 31.9 Å². The number of hydrogen-bond donors (Lipinski definition) is 2. The lowest BCUT2D eigenvalue weighted by Gasteiger charge is -2.24. The standard InChI is InChI=1S/C24H26F4N8O3/c25-17(5-7-36-22(38)10-19(12-31-36)32-21(37)8-15-2-1-3-15)13-35-14-20(33-34-35)23(39)30-11-18-9-16(4-6-29-18)24(26,27)28/h4,6,9-10,12,14-15,17H,1-3,5,7-8,11,13H2,(H,30,39)(H,32,37). The van der Waals surface area contributed by atoms with E-state index in [1.165, 1.54) is 18.5 Å². The first-order valence-corrected chi connectivity index (χ1v) is 12.3. The molecule has 208 valence electrons. The number of nitrogens with one attached hydrogen (secondary N) is 2. The fourth-order valence-electron chi connectivity index (χ4n) is 3.90. The van der Waals surface area contributed by atoms with Crippen molar-refractivity contribution in [3.05, 3.63) is 64.1 Å². The monoisotopic (exact) mass is 550 g/mol. The van der Waals surface area contributed by atoms with E-state index in [1.54, 1.807) is 0 Å². The van der Waals surface area contributed by atoms with Crippen LogP contribution in [0.5, 0.6) is 0 Å². The van der Waals surface area contributed by atoms with Crippen molar-refractivity contribution in [1.82, 2.24) is 35.1 Å². The van der Waals surface area contributed by atoms with Crippen molar-refractivity contribution < 1.29 is 27.2 Å². The van der Waals surface area contributed by atoms with Crippen molar-refractivity contribution in [3.63, 3.8) is 0 Å². The number of anilines is 1. The maximum absolute atomic E-state index is 14.5. The molecule has 1 aliphatic rings. The van der Waals surface area contributed by atoms with E-state index in [0.29, 0.717) is 12.3 Å². The van der Waals surface area contributed by atoms with E-state index in [0.717, 1.165) is 47.0 Å². The molecule has 11 nitrogen and oxygen atoms in total. The van der Waals surface area contributed by atoms with Crippen molar-refractivity contribution in [3.8, 4) is 0 Å². The Morgan fingerprint density at radius 3 is 2.69 bits per heavy atom. The lowest BCUT2D eigenvalue weighted by atomic mass is 9.83. The van der Waals surface area contributed by atoms with Crippen molar-refractivity contribution >= 4 is 17.5 Å². The van der Waals surface area contributed by atoms with E-state index in [4.69, 9.17) is 0 Å². The Bertz CT molecular complexity index is 1370. The molecule has 0 aromatic carbocycles. The number of aromatic nitrogens is 6. The summed E-state index contributed by atoms with van der Waals surface area (Å²) in [6.45, 7) is -0.548. The van der Waals surface area contributed by atoms with Gasteiger partial charge in [0.15, 0.2) is 5.69 Å². The summed E-state index contributed by atoms with van der Waals surface area (Å²) in [5, 5.41) is 16.4. The Morgan fingerprint density at radius 2 is 2.00 bits per heavy atom. The Hall–Kier alpha value is -4.17. The predicted octanol–water partition coefficient (Wildman–Crippen LogP) is 2.74. The molecule has 0 saturated heterocycles. The third-order valence-electron chi connectivity index (χ3n) is 6.24. The summed E-state index contributed by atoms with van der Waals surface area (Å²) in [6, 6.07) is 2.88. The third kappa shape index (κ3) is 7.91. The highest BCUT2D eigenvalue weighted by Gasteiger charge is 2.30. The van der Waals surface area contributed by atoms with Crippen LogP contribution in [0.3, 0.4) is 0 Å². The number of amides is 2. The number of hydrogen-bond acceptors (Lipinski definition) is 7. The zero-order chi connectivity index (χ0) is 28.0. The second kappa shape index (κ2) is 12.1. The normalized spacial score (nSPS) is 14.5. The molecule has 1 aliphatic carbocycles. The summed E-state index contributed by atoms with van der Waals surface area (Å²) in [6.07, 6.45) is 1.06. The summed E-state index contributed by atoms with van der Waals surface area (Å²) >= 11 is 0. The summed E-state index contributed by atoms with van der Waals surface area (Å²) in [5.74, 6) is -0.501. The van der Waals surface area contributed by atoms with E-state index in [-0.39, 0.29) is 49.0 Å². The fraction of sp³-hybridized carbons (Fsp3) is 0.458. The first-order chi connectivity index (χ1) is 18.6. The van der Waals surface area contributed by atoms with Gasteiger partial charge in [0.2, 0.25) is 5.91 Å². The second-order valence-electron chi connectivity index (χ2n) is 9.28. The van der Waals surface area contributed by atoms with Crippen molar-refractivity contribution in [2.24, 2.45) is 5.92 Å². The number of pyridine rings is 1. The lowest BCUT2D eigenvalue weighted by Crippen LogP contribution is -2.26.